The van der Waals surface area contributed by atoms with Crippen molar-refractivity contribution in [2.24, 2.45) is 0 Å². The number of allylic oxidation sites excluding steroid dienone is 1. The summed E-state index contributed by atoms with van der Waals surface area (Å²) < 4.78 is 46.5. The van der Waals surface area contributed by atoms with E-state index in [4.69, 9.17) is 10.1 Å². The Hall–Kier alpha value is -3.62. The standard InChI is InChI=1S/C24H23F3N4O2/c1-2-24(26,27)15-33-20-6-4-3-5-18(20)21-19-13-31(22(32)17(19)7-10-30-21)16(11-28)12-29-14-23(25)8-9-23/h2-7,10-12,28-29H,1,8-9,13-15H2/b16-12+,28-11?. The SMILES string of the molecule is C=CC(F)(F)COc1ccccc1-c1nccc2c1CN(/C(C=N)=C/NCC1(F)CC1)C2=O. The van der Waals surface area contributed by atoms with E-state index in [1.165, 1.54) is 17.3 Å². The van der Waals surface area contributed by atoms with Crippen LogP contribution in [0.15, 0.2) is 61.1 Å². The highest BCUT2D eigenvalue weighted by Gasteiger charge is 2.42. The molecule has 2 aliphatic rings. The van der Waals surface area contributed by atoms with Gasteiger partial charge in [-0.3, -0.25) is 9.78 Å². The number of ether oxygens (including phenoxy) is 1. The van der Waals surface area contributed by atoms with Crippen molar-refractivity contribution in [1.29, 1.82) is 5.41 Å². The normalized spacial score (nSPS) is 16.9. The van der Waals surface area contributed by atoms with Gasteiger partial charge in [-0.25, -0.2) is 4.39 Å². The highest BCUT2D eigenvalue weighted by atomic mass is 19.3. The first-order chi connectivity index (χ1) is 15.8. The van der Waals surface area contributed by atoms with Gasteiger partial charge in [-0.05, 0) is 37.1 Å². The fourth-order valence-electron chi connectivity index (χ4n) is 3.54. The number of nitrogens with one attached hydrogen (secondary N) is 2. The van der Waals surface area contributed by atoms with Crippen molar-refractivity contribution in [3.8, 4) is 17.0 Å². The topological polar surface area (TPSA) is 78.3 Å². The summed E-state index contributed by atoms with van der Waals surface area (Å²) in [7, 11) is 0. The van der Waals surface area contributed by atoms with E-state index in [1.807, 2.05) is 0 Å². The van der Waals surface area contributed by atoms with Gasteiger partial charge >= 0.3 is 0 Å². The maximum Gasteiger partial charge on any atom is 0.299 e. The van der Waals surface area contributed by atoms with Gasteiger partial charge in [-0.15, -0.1) is 0 Å². The average Bonchev–Trinajstić information content (AvgIpc) is 3.46. The minimum absolute atomic E-state index is 0.117. The Balaban J connectivity index is 1.61. The van der Waals surface area contributed by atoms with Crippen molar-refractivity contribution in [1.82, 2.24) is 15.2 Å². The third kappa shape index (κ3) is 4.76. The van der Waals surface area contributed by atoms with Crippen LogP contribution in [0.5, 0.6) is 5.75 Å². The molecule has 33 heavy (non-hydrogen) atoms. The second-order valence-electron chi connectivity index (χ2n) is 8.07. The predicted octanol–water partition coefficient (Wildman–Crippen LogP) is 4.49. The average molecular weight is 456 g/mol. The number of benzene rings is 1. The first kappa shape index (κ1) is 22.6. The predicted molar refractivity (Wildman–Crippen MR) is 118 cm³/mol. The Kier molecular flexibility index (Phi) is 5.97. The van der Waals surface area contributed by atoms with E-state index < -0.39 is 18.2 Å². The molecule has 2 heterocycles. The maximum absolute atomic E-state index is 13.9. The van der Waals surface area contributed by atoms with E-state index in [1.54, 1.807) is 30.3 Å². The fourth-order valence-corrected chi connectivity index (χ4v) is 3.54. The Morgan fingerprint density at radius 2 is 2.06 bits per heavy atom. The number of aromatic nitrogens is 1. The molecule has 1 aromatic carbocycles. The van der Waals surface area contributed by atoms with E-state index >= 15 is 0 Å². The zero-order chi connectivity index (χ0) is 23.6. The van der Waals surface area contributed by atoms with Gasteiger partial charge in [0.1, 0.15) is 11.4 Å². The molecule has 0 atom stereocenters. The van der Waals surface area contributed by atoms with E-state index in [2.05, 4.69) is 16.9 Å². The fraction of sp³-hybridized carbons (Fsp3) is 0.292. The van der Waals surface area contributed by atoms with Crippen molar-refractivity contribution in [2.45, 2.75) is 31.0 Å². The summed E-state index contributed by atoms with van der Waals surface area (Å²) in [5, 5.41) is 10.6. The number of halogens is 3. The number of hydrogen-bond acceptors (Lipinski definition) is 5. The third-order valence-corrected chi connectivity index (χ3v) is 5.63. The van der Waals surface area contributed by atoms with Crippen LogP contribution in [0.3, 0.4) is 0 Å². The van der Waals surface area contributed by atoms with Crippen LogP contribution in [0.2, 0.25) is 0 Å². The lowest BCUT2D eigenvalue weighted by Gasteiger charge is -2.18. The number of para-hydroxylation sites is 1. The molecular formula is C24H23F3N4O2. The molecule has 1 aliphatic heterocycles. The minimum atomic E-state index is -3.19. The summed E-state index contributed by atoms with van der Waals surface area (Å²) in [6.45, 7) is 2.48. The van der Waals surface area contributed by atoms with Gasteiger partial charge in [0.05, 0.1) is 17.9 Å². The smallest absolute Gasteiger partial charge is 0.299 e. The van der Waals surface area contributed by atoms with E-state index in [-0.39, 0.29) is 30.4 Å². The number of hydrogen-bond donors (Lipinski definition) is 2. The molecule has 172 valence electrons. The molecule has 1 fully saturated rings. The summed E-state index contributed by atoms with van der Waals surface area (Å²) in [6.07, 6.45) is 5.47. The highest BCUT2D eigenvalue weighted by molar-refractivity contribution is 6.03. The van der Waals surface area contributed by atoms with Gasteiger partial charge in [0, 0.05) is 41.8 Å². The van der Waals surface area contributed by atoms with Crippen LogP contribution in [0.25, 0.3) is 11.3 Å². The number of fused-ring (bicyclic) bond motifs is 1. The molecule has 2 N–H and O–H groups in total. The zero-order valence-electron chi connectivity index (χ0n) is 17.8. The van der Waals surface area contributed by atoms with Gasteiger partial charge in [-0.2, -0.15) is 8.78 Å². The van der Waals surface area contributed by atoms with Crippen LogP contribution < -0.4 is 10.1 Å². The molecule has 1 aliphatic carbocycles. The number of alkyl halides is 3. The van der Waals surface area contributed by atoms with Gasteiger partial charge in [0.2, 0.25) is 0 Å². The lowest BCUT2D eigenvalue weighted by atomic mass is 10.0. The molecule has 6 nitrogen and oxygen atoms in total. The summed E-state index contributed by atoms with van der Waals surface area (Å²) in [4.78, 5) is 18.8. The number of rotatable bonds is 10. The van der Waals surface area contributed by atoms with E-state index in [0.29, 0.717) is 41.3 Å². The largest absolute Gasteiger partial charge is 0.486 e. The van der Waals surface area contributed by atoms with E-state index in [0.717, 1.165) is 6.21 Å². The van der Waals surface area contributed by atoms with Crippen LogP contribution in [0.4, 0.5) is 13.2 Å². The summed E-state index contributed by atoms with van der Waals surface area (Å²) in [6, 6.07) is 8.20. The van der Waals surface area contributed by atoms with Crippen molar-refractivity contribution >= 4 is 12.1 Å². The first-order valence-corrected chi connectivity index (χ1v) is 10.4. The molecule has 0 saturated heterocycles. The van der Waals surface area contributed by atoms with Crippen molar-refractivity contribution < 1.29 is 22.7 Å². The number of pyridine rings is 1. The van der Waals surface area contributed by atoms with Gasteiger partial charge in [-0.1, -0.05) is 18.7 Å². The number of amides is 1. The molecule has 2 aromatic rings. The molecule has 9 heteroatoms. The lowest BCUT2D eigenvalue weighted by molar-refractivity contribution is 0.00563. The molecule has 1 saturated carbocycles. The minimum Gasteiger partial charge on any atom is -0.486 e. The van der Waals surface area contributed by atoms with Gasteiger partial charge < -0.3 is 20.4 Å². The molecule has 0 spiro atoms. The Labute approximate surface area is 189 Å². The third-order valence-electron chi connectivity index (χ3n) is 5.63. The number of carbonyl (C=O) groups excluding carboxylic acids is 1. The van der Waals surface area contributed by atoms with Crippen molar-refractivity contribution in [3.63, 3.8) is 0 Å². The Bertz CT molecular complexity index is 1130. The molecule has 4 rings (SSSR count). The molecule has 1 amide bonds. The van der Waals surface area contributed by atoms with Crippen molar-refractivity contribution in [2.75, 3.05) is 13.2 Å². The lowest BCUT2D eigenvalue weighted by Crippen LogP contribution is -2.27. The van der Waals surface area contributed by atoms with Crippen LogP contribution in [0, 0.1) is 5.41 Å². The highest BCUT2D eigenvalue weighted by Crippen LogP contribution is 2.39. The van der Waals surface area contributed by atoms with Crippen molar-refractivity contribution in [3.05, 3.63) is 72.2 Å². The van der Waals surface area contributed by atoms with Crippen LogP contribution >= 0.6 is 0 Å². The van der Waals surface area contributed by atoms with Gasteiger partial charge in [0.15, 0.2) is 6.61 Å². The monoisotopic (exact) mass is 456 g/mol. The maximum atomic E-state index is 13.9. The Morgan fingerprint density at radius 1 is 1.30 bits per heavy atom. The van der Waals surface area contributed by atoms with Crippen LogP contribution in [0.1, 0.15) is 28.8 Å². The van der Waals surface area contributed by atoms with Gasteiger partial charge in [0.25, 0.3) is 11.8 Å². The molecule has 0 radical (unpaired) electrons. The second-order valence-corrected chi connectivity index (χ2v) is 8.07. The Morgan fingerprint density at radius 3 is 2.76 bits per heavy atom. The molecule has 1 aromatic heterocycles. The number of carbonyl (C=O) groups is 1. The quantitative estimate of drug-likeness (QED) is 0.408. The molecule has 0 unspecified atom stereocenters. The number of nitrogens with zero attached hydrogens (tertiary/aromatic N) is 2. The molecule has 0 bridgehead atoms. The van der Waals surface area contributed by atoms with E-state index in [9.17, 15) is 18.0 Å². The second kappa shape index (κ2) is 8.73. The molecular weight excluding hydrogens is 433 g/mol. The van der Waals surface area contributed by atoms with Crippen LogP contribution in [-0.4, -0.2) is 46.7 Å². The zero-order valence-corrected chi connectivity index (χ0v) is 17.8. The first-order valence-electron chi connectivity index (χ1n) is 10.4. The van der Waals surface area contributed by atoms with Crippen LogP contribution in [-0.2, 0) is 6.54 Å². The summed E-state index contributed by atoms with van der Waals surface area (Å²) in [5.74, 6) is -3.32. The summed E-state index contributed by atoms with van der Waals surface area (Å²) >= 11 is 0. The summed E-state index contributed by atoms with van der Waals surface area (Å²) in [5.41, 5.74) is 0.940.